The molecule has 0 fully saturated rings. The first-order valence-corrected chi connectivity index (χ1v) is 5.41. The lowest BCUT2D eigenvalue weighted by Gasteiger charge is -2.05. The lowest BCUT2D eigenvalue weighted by molar-refractivity contribution is 0.339. The van der Waals surface area contributed by atoms with Crippen LogP contribution in [0.5, 0.6) is 5.75 Å². The van der Waals surface area contributed by atoms with Gasteiger partial charge in [-0.15, -0.1) is 0 Å². The lowest BCUT2D eigenvalue weighted by atomic mass is 10.2. The summed E-state index contributed by atoms with van der Waals surface area (Å²) in [6.45, 7) is 6.15. The van der Waals surface area contributed by atoms with E-state index < -0.39 is 0 Å². The predicted molar refractivity (Wildman–Crippen MR) is 71.0 cm³/mol. The molecule has 5 heteroatoms. The van der Waals surface area contributed by atoms with Crippen molar-refractivity contribution in [1.82, 2.24) is 9.97 Å². The highest BCUT2D eigenvalue weighted by Crippen LogP contribution is 2.17. The Kier molecular flexibility index (Phi) is 4.51. The van der Waals surface area contributed by atoms with Gasteiger partial charge in [-0.2, -0.15) is 0 Å². The van der Waals surface area contributed by atoms with Gasteiger partial charge in [0.15, 0.2) is 0 Å². The van der Waals surface area contributed by atoms with Gasteiger partial charge in [0.05, 0.1) is 6.61 Å². The van der Waals surface area contributed by atoms with Crippen LogP contribution >= 0.6 is 0 Å². The number of nitrogens with one attached hydrogen (secondary N) is 2. The zero-order valence-corrected chi connectivity index (χ0v) is 10.1. The molecule has 0 aliphatic carbocycles. The van der Waals surface area contributed by atoms with Crippen LogP contribution in [0.1, 0.15) is 12.5 Å². The van der Waals surface area contributed by atoms with Gasteiger partial charge in [-0.3, -0.25) is 4.79 Å². The molecule has 4 N–H and O–H groups in total. The lowest BCUT2D eigenvalue weighted by Crippen LogP contribution is -2.22. The highest BCUT2D eigenvalue weighted by atomic mass is 16.5. The summed E-state index contributed by atoms with van der Waals surface area (Å²) in [5.74, 6) is 0.759. The number of hydrogen-bond acceptors (Lipinski definition) is 2. The van der Waals surface area contributed by atoms with Crippen molar-refractivity contribution in [1.29, 1.82) is 0 Å². The maximum atomic E-state index is 11.5. The van der Waals surface area contributed by atoms with Crippen LogP contribution in [0.3, 0.4) is 0 Å². The number of rotatable bonds is 3. The topological polar surface area (TPSA) is 89.4 Å². The van der Waals surface area contributed by atoms with Gasteiger partial charge in [0.25, 0.3) is 5.56 Å². The molecular weight excluding hydrogens is 232 g/mol. The highest BCUT2D eigenvalue weighted by molar-refractivity contribution is 5.56. The van der Waals surface area contributed by atoms with Crippen molar-refractivity contribution in [3.05, 3.63) is 51.0 Å². The fraction of sp³-hybridized carbons (Fsp3) is 0.154. The van der Waals surface area contributed by atoms with Crippen LogP contribution in [0.2, 0.25) is 0 Å². The number of imidazole rings is 1. The van der Waals surface area contributed by atoms with Crippen LogP contribution in [0.4, 0.5) is 0 Å². The van der Waals surface area contributed by atoms with Gasteiger partial charge in [0.2, 0.25) is 0 Å². The molecular formula is C13H16N2O3. The molecule has 0 amide bonds. The Labute approximate surface area is 104 Å². The monoisotopic (exact) mass is 248 g/mol. The Morgan fingerprint density at radius 3 is 2.67 bits per heavy atom. The Balaban J connectivity index is 0.00000162. The van der Waals surface area contributed by atoms with Gasteiger partial charge < -0.3 is 20.2 Å². The van der Waals surface area contributed by atoms with E-state index in [0.717, 1.165) is 11.3 Å². The van der Waals surface area contributed by atoms with Crippen LogP contribution in [-0.4, -0.2) is 22.1 Å². The van der Waals surface area contributed by atoms with Crippen molar-refractivity contribution in [3.63, 3.8) is 0 Å². The van der Waals surface area contributed by atoms with Crippen LogP contribution in [0.25, 0.3) is 12.7 Å². The van der Waals surface area contributed by atoms with E-state index in [9.17, 15) is 4.79 Å². The number of H-pyrrole nitrogens is 2. The van der Waals surface area contributed by atoms with Gasteiger partial charge >= 0.3 is 0 Å². The van der Waals surface area contributed by atoms with E-state index in [1.54, 1.807) is 6.08 Å². The molecule has 1 aromatic carbocycles. The number of aromatic amines is 2. The second-order valence-corrected chi connectivity index (χ2v) is 3.59. The smallest absolute Gasteiger partial charge is 0.273 e. The van der Waals surface area contributed by atoms with Crippen LogP contribution < -0.4 is 21.1 Å². The Bertz CT molecular complexity index is 670. The molecule has 0 saturated heterocycles. The average Bonchev–Trinajstić information content (AvgIpc) is 2.61. The van der Waals surface area contributed by atoms with E-state index in [1.165, 1.54) is 0 Å². The Morgan fingerprint density at radius 2 is 2.06 bits per heavy atom. The first kappa shape index (κ1) is 13.8. The summed E-state index contributed by atoms with van der Waals surface area (Å²) >= 11 is 0. The molecule has 2 aromatic rings. The fourth-order valence-electron chi connectivity index (χ4n) is 1.60. The molecule has 2 rings (SSSR count). The van der Waals surface area contributed by atoms with Crippen molar-refractivity contribution in [3.8, 4) is 5.75 Å². The van der Waals surface area contributed by atoms with E-state index in [4.69, 9.17) is 4.74 Å². The van der Waals surface area contributed by atoms with Crippen LogP contribution in [0, 0.1) is 0 Å². The number of ether oxygens (including phenoxy) is 1. The molecule has 0 saturated carbocycles. The highest BCUT2D eigenvalue weighted by Gasteiger charge is 2.00. The number of benzene rings is 1. The molecule has 18 heavy (non-hydrogen) atoms. The van der Waals surface area contributed by atoms with Gasteiger partial charge in [-0.05, 0) is 19.1 Å². The van der Waals surface area contributed by atoms with Crippen molar-refractivity contribution in [2.75, 3.05) is 6.61 Å². The van der Waals surface area contributed by atoms with Gasteiger partial charge in [-0.1, -0.05) is 24.8 Å². The quantitative estimate of drug-likeness (QED) is 0.768. The number of para-hydroxylation sites is 1. The SMILES string of the molecule is C=c1[nH]c(=O)/c(=C\c2ccccc2OCC)[nH]1.O. The summed E-state index contributed by atoms with van der Waals surface area (Å²) in [4.78, 5) is 17.0. The van der Waals surface area contributed by atoms with Crippen LogP contribution in [0.15, 0.2) is 29.1 Å². The Hall–Kier alpha value is -2.27. The van der Waals surface area contributed by atoms with Gasteiger partial charge in [0, 0.05) is 5.56 Å². The maximum Gasteiger partial charge on any atom is 0.273 e. The molecule has 5 nitrogen and oxygen atoms in total. The molecule has 0 unspecified atom stereocenters. The zero-order chi connectivity index (χ0) is 12.3. The van der Waals surface area contributed by atoms with E-state index in [-0.39, 0.29) is 11.0 Å². The van der Waals surface area contributed by atoms with Crippen molar-refractivity contribution >= 4 is 12.7 Å². The molecule has 0 aliphatic rings. The molecule has 0 atom stereocenters. The normalized spacial score (nSPS) is 11.1. The van der Waals surface area contributed by atoms with E-state index in [2.05, 4.69) is 16.5 Å². The first-order valence-electron chi connectivity index (χ1n) is 5.41. The van der Waals surface area contributed by atoms with Crippen molar-refractivity contribution in [2.45, 2.75) is 6.92 Å². The first-order chi connectivity index (χ1) is 8.20. The van der Waals surface area contributed by atoms with E-state index in [0.29, 0.717) is 17.4 Å². The molecule has 96 valence electrons. The molecule has 1 heterocycles. The molecule has 0 aliphatic heterocycles. The second-order valence-electron chi connectivity index (χ2n) is 3.59. The second kappa shape index (κ2) is 5.88. The third kappa shape index (κ3) is 2.89. The molecule has 0 radical (unpaired) electrons. The summed E-state index contributed by atoms with van der Waals surface area (Å²) in [6, 6.07) is 7.57. The number of hydrogen-bond donors (Lipinski definition) is 2. The summed E-state index contributed by atoms with van der Waals surface area (Å²) in [6.07, 6.45) is 1.75. The zero-order valence-electron chi connectivity index (χ0n) is 10.1. The minimum atomic E-state index is -0.179. The van der Waals surface area contributed by atoms with E-state index >= 15 is 0 Å². The number of aromatic nitrogens is 2. The van der Waals surface area contributed by atoms with Crippen molar-refractivity contribution in [2.24, 2.45) is 0 Å². The summed E-state index contributed by atoms with van der Waals surface area (Å²) < 4.78 is 5.48. The standard InChI is InChI=1S/C13H14N2O2.H2O/c1-3-17-12-7-5-4-6-10(12)8-11-13(16)15-9(2)14-11;/h4-8,14H,2-3H2,1H3,(H,15,16);1H2/b11-8+;. The van der Waals surface area contributed by atoms with Gasteiger partial charge in [0.1, 0.15) is 16.6 Å². The largest absolute Gasteiger partial charge is 0.493 e. The Morgan fingerprint density at radius 1 is 1.33 bits per heavy atom. The minimum absolute atomic E-state index is 0. The maximum absolute atomic E-state index is 11.5. The van der Waals surface area contributed by atoms with E-state index in [1.807, 2.05) is 31.2 Å². The fourth-order valence-corrected chi connectivity index (χ4v) is 1.60. The van der Waals surface area contributed by atoms with Crippen LogP contribution in [-0.2, 0) is 0 Å². The minimum Gasteiger partial charge on any atom is -0.493 e. The van der Waals surface area contributed by atoms with Crippen molar-refractivity contribution < 1.29 is 10.2 Å². The average molecular weight is 248 g/mol. The molecule has 0 spiro atoms. The van der Waals surface area contributed by atoms with Gasteiger partial charge in [-0.25, -0.2) is 0 Å². The summed E-state index contributed by atoms with van der Waals surface area (Å²) in [7, 11) is 0. The molecule has 0 bridgehead atoms. The third-order valence-corrected chi connectivity index (χ3v) is 2.31. The predicted octanol–water partition coefficient (Wildman–Crippen LogP) is -0.484. The summed E-state index contributed by atoms with van der Waals surface area (Å²) in [5.41, 5.74) is 1.18. The summed E-state index contributed by atoms with van der Waals surface area (Å²) in [5, 5.41) is 0.474. The molecule has 1 aromatic heterocycles. The third-order valence-electron chi connectivity index (χ3n) is 2.31.